The molecule has 4 amide bonds. The summed E-state index contributed by atoms with van der Waals surface area (Å²) in [4.78, 5) is 46.6. The average molecular weight is 667 g/mol. The van der Waals surface area contributed by atoms with E-state index >= 15 is 4.39 Å². The number of carbonyl (C=O) groups is 3. The normalized spacial score (nSPS) is 14.7. The first-order chi connectivity index (χ1) is 23.6. The number of hydrogen-bond donors (Lipinski definition) is 1. The van der Waals surface area contributed by atoms with Crippen LogP contribution in [0.4, 0.5) is 25.0 Å². The van der Waals surface area contributed by atoms with E-state index in [1.165, 1.54) is 42.5 Å². The summed E-state index contributed by atoms with van der Waals surface area (Å²) >= 11 is 0. The second-order valence-corrected chi connectivity index (χ2v) is 11.6. The number of pyridine rings is 1. The van der Waals surface area contributed by atoms with E-state index in [2.05, 4.69) is 10.3 Å². The van der Waals surface area contributed by atoms with Crippen LogP contribution in [0.2, 0.25) is 0 Å². The molecule has 6 rings (SSSR count). The van der Waals surface area contributed by atoms with Crippen molar-refractivity contribution < 1.29 is 37.4 Å². The molecule has 12 heteroatoms. The van der Waals surface area contributed by atoms with Crippen molar-refractivity contribution in [2.24, 2.45) is 5.92 Å². The summed E-state index contributed by atoms with van der Waals surface area (Å²) in [5.74, 6) is -3.03. The number of rotatable bonds is 10. The first-order valence-electron chi connectivity index (χ1n) is 15.4. The van der Waals surface area contributed by atoms with Gasteiger partial charge in [0, 0.05) is 42.0 Å². The van der Waals surface area contributed by atoms with Gasteiger partial charge in [-0.2, -0.15) is 0 Å². The van der Waals surface area contributed by atoms with Crippen LogP contribution in [0.5, 0.6) is 23.0 Å². The second kappa shape index (κ2) is 14.0. The van der Waals surface area contributed by atoms with Gasteiger partial charge in [0.25, 0.3) is 0 Å². The summed E-state index contributed by atoms with van der Waals surface area (Å²) in [5.41, 5.74) is 1.72. The molecule has 1 aliphatic heterocycles. The predicted octanol–water partition coefficient (Wildman–Crippen LogP) is 7.32. The van der Waals surface area contributed by atoms with Crippen molar-refractivity contribution in [3.05, 3.63) is 114 Å². The summed E-state index contributed by atoms with van der Waals surface area (Å²) in [6, 6.07) is 22.4. The molecule has 1 unspecified atom stereocenters. The number of imide groups is 1. The zero-order chi connectivity index (χ0) is 34.7. The molecule has 0 aliphatic carbocycles. The molecule has 250 valence electrons. The zero-order valence-electron chi connectivity index (χ0n) is 26.9. The highest BCUT2D eigenvalue weighted by molar-refractivity contribution is 6.23. The Labute approximate surface area is 280 Å². The molecule has 0 radical (unpaired) electrons. The standard InChI is InChI=1S/C37H32F2N4O6/c1-22(2)42-20-28(36(45)43(37(42)46)26-12-9-24(38)10-13-26)35(44)41-25-11-14-32(29(39)17-25)49-31-15-16-40-30-19-34(33(47-3)18-27(30)31)48-21-23-7-5-4-6-8-23/h4-19,22,28H,20-21H2,1-3H3,(H,41,44). The van der Waals surface area contributed by atoms with Gasteiger partial charge in [-0.3, -0.25) is 14.6 Å². The molecule has 1 aromatic heterocycles. The maximum Gasteiger partial charge on any atom is 0.331 e. The Morgan fingerprint density at radius 3 is 2.37 bits per heavy atom. The van der Waals surface area contributed by atoms with E-state index in [9.17, 15) is 18.8 Å². The molecule has 0 spiro atoms. The maximum atomic E-state index is 15.4. The molecule has 1 N–H and O–H groups in total. The Balaban J connectivity index is 1.19. The smallest absolute Gasteiger partial charge is 0.331 e. The van der Waals surface area contributed by atoms with Crippen molar-refractivity contribution in [3.8, 4) is 23.0 Å². The number of urea groups is 1. The average Bonchev–Trinajstić information content (AvgIpc) is 3.09. The van der Waals surface area contributed by atoms with E-state index in [4.69, 9.17) is 14.2 Å². The van der Waals surface area contributed by atoms with Gasteiger partial charge in [-0.15, -0.1) is 0 Å². The van der Waals surface area contributed by atoms with Gasteiger partial charge in [-0.1, -0.05) is 30.3 Å². The van der Waals surface area contributed by atoms with Gasteiger partial charge < -0.3 is 24.4 Å². The molecule has 4 aromatic carbocycles. The summed E-state index contributed by atoms with van der Waals surface area (Å²) < 4.78 is 46.5. The van der Waals surface area contributed by atoms with Gasteiger partial charge in [0.05, 0.1) is 18.3 Å². The van der Waals surface area contributed by atoms with Crippen LogP contribution in [0.15, 0.2) is 97.2 Å². The van der Waals surface area contributed by atoms with Gasteiger partial charge >= 0.3 is 6.03 Å². The van der Waals surface area contributed by atoms with Crippen LogP contribution >= 0.6 is 0 Å². The molecule has 1 atom stereocenters. The van der Waals surface area contributed by atoms with Crippen LogP contribution in [-0.2, 0) is 16.2 Å². The number of nitrogens with zero attached hydrogens (tertiary/aromatic N) is 3. The Kier molecular flexibility index (Phi) is 9.38. The van der Waals surface area contributed by atoms with Gasteiger partial charge in [0.2, 0.25) is 11.8 Å². The van der Waals surface area contributed by atoms with Crippen molar-refractivity contribution in [1.29, 1.82) is 0 Å². The number of fused-ring (bicyclic) bond motifs is 1. The fourth-order valence-corrected chi connectivity index (χ4v) is 5.42. The summed E-state index contributed by atoms with van der Waals surface area (Å²) in [5, 5.41) is 3.13. The van der Waals surface area contributed by atoms with Crippen LogP contribution in [0.25, 0.3) is 10.9 Å². The number of hydrogen-bond acceptors (Lipinski definition) is 7. The van der Waals surface area contributed by atoms with Crippen LogP contribution in [-0.4, -0.2) is 47.4 Å². The van der Waals surface area contributed by atoms with Gasteiger partial charge in [-0.05, 0) is 67.9 Å². The van der Waals surface area contributed by atoms with E-state index in [1.54, 1.807) is 32.0 Å². The van der Waals surface area contributed by atoms with Crippen molar-refractivity contribution in [1.82, 2.24) is 9.88 Å². The lowest BCUT2D eigenvalue weighted by atomic mass is 10.0. The topological polar surface area (TPSA) is 110 Å². The van der Waals surface area contributed by atoms with Gasteiger partial charge in [0.15, 0.2) is 23.1 Å². The monoisotopic (exact) mass is 666 g/mol. The molecular weight excluding hydrogens is 634 g/mol. The number of aromatic nitrogens is 1. The van der Waals surface area contributed by atoms with E-state index in [0.29, 0.717) is 34.8 Å². The van der Waals surface area contributed by atoms with Crippen molar-refractivity contribution in [3.63, 3.8) is 0 Å². The number of anilines is 2. The molecule has 49 heavy (non-hydrogen) atoms. The lowest BCUT2D eigenvalue weighted by Gasteiger charge is -2.39. The number of carbonyl (C=O) groups excluding carboxylic acids is 3. The fourth-order valence-electron chi connectivity index (χ4n) is 5.42. The molecule has 1 saturated heterocycles. The third kappa shape index (κ3) is 6.98. The van der Waals surface area contributed by atoms with Crippen LogP contribution in [0.1, 0.15) is 19.4 Å². The minimum absolute atomic E-state index is 0.0745. The van der Waals surface area contributed by atoms with Crippen LogP contribution < -0.4 is 24.4 Å². The predicted molar refractivity (Wildman–Crippen MR) is 179 cm³/mol. The Morgan fingerprint density at radius 1 is 0.918 bits per heavy atom. The Morgan fingerprint density at radius 2 is 1.67 bits per heavy atom. The first kappa shape index (κ1) is 32.9. The quantitative estimate of drug-likeness (QED) is 0.156. The van der Waals surface area contributed by atoms with Crippen molar-refractivity contribution in [2.75, 3.05) is 23.9 Å². The van der Waals surface area contributed by atoms with Crippen molar-refractivity contribution in [2.45, 2.75) is 26.5 Å². The fraction of sp³-hybridized carbons (Fsp3) is 0.189. The highest BCUT2D eigenvalue weighted by Gasteiger charge is 2.44. The van der Waals surface area contributed by atoms with Gasteiger partial charge in [-0.25, -0.2) is 18.5 Å². The van der Waals surface area contributed by atoms with Crippen LogP contribution in [0.3, 0.4) is 0 Å². The SMILES string of the molecule is COc1cc2c(Oc3ccc(NC(=O)C4CN(C(C)C)C(=O)N(c5ccc(F)cc5)C4=O)cc3F)ccnc2cc1OCc1ccccc1. The summed E-state index contributed by atoms with van der Waals surface area (Å²) in [6.45, 7) is 3.64. The van der Waals surface area contributed by atoms with E-state index in [0.717, 1.165) is 28.7 Å². The van der Waals surface area contributed by atoms with E-state index in [-0.39, 0.29) is 29.7 Å². The number of amides is 4. The maximum absolute atomic E-state index is 15.4. The number of benzene rings is 4. The lowest BCUT2D eigenvalue weighted by Crippen LogP contribution is -2.61. The molecule has 1 aliphatic rings. The second-order valence-electron chi connectivity index (χ2n) is 11.6. The zero-order valence-corrected chi connectivity index (χ0v) is 26.9. The minimum atomic E-state index is -1.30. The number of nitrogens with one attached hydrogen (secondary N) is 1. The Hall–Kier alpha value is -6.04. The molecular formula is C37H32F2N4O6. The minimum Gasteiger partial charge on any atom is -0.493 e. The van der Waals surface area contributed by atoms with Crippen molar-refractivity contribution >= 4 is 40.1 Å². The molecule has 10 nitrogen and oxygen atoms in total. The molecule has 0 bridgehead atoms. The number of halogens is 2. The lowest BCUT2D eigenvalue weighted by molar-refractivity contribution is -0.132. The molecule has 1 fully saturated rings. The van der Waals surface area contributed by atoms with E-state index < -0.39 is 35.4 Å². The van der Waals surface area contributed by atoms with E-state index in [1.807, 2.05) is 30.3 Å². The van der Waals surface area contributed by atoms with Crippen LogP contribution in [0, 0.1) is 17.6 Å². The third-order valence-corrected chi connectivity index (χ3v) is 8.00. The number of methoxy groups -OCH3 is 1. The highest BCUT2D eigenvalue weighted by Crippen LogP contribution is 2.38. The molecule has 2 heterocycles. The summed E-state index contributed by atoms with van der Waals surface area (Å²) in [6.07, 6.45) is 1.53. The Bertz CT molecular complexity index is 2020. The molecule has 0 saturated carbocycles. The largest absolute Gasteiger partial charge is 0.493 e. The third-order valence-electron chi connectivity index (χ3n) is 8.00. The molecule has 5 aromatic rings. The van der Waals surface area contributed by atoms with Gasteiger partial charge in [0.1, 0.15) is 24.1 Å². The first-order valence-corrected chi connectivity index (χ1v) is 15.4. The highest BCUT2D eigenvalue weighted by atomic mass is 19.1. The summed E-state index contributed by atoms with van der Waals surface area (Å²) in [7, 11) is 1.51. The number of ether oxygens (including phenoxy) is 3.